The summed E-state index contributed by atoms with van der Waals surface area (Å²) < 4.78 is 1.56. The van der Waals surface area contributed by atoms with E-state index in [1.807, 2.05) is 10.8 Å². The second-order valence-electron chi connectivity index (χ2n) is 3.09. The van der Waals surface area contributed by atoms with Crippen LogP contribution in [0.15, 0.2) is 37.9 Å². The summed E-state index contributed by atoms with van der Waals surface area (Å²) in [5.41, 5.74) is 1.30. The quantitative estimate of drug-likeness (QED) is 0.658. The minimum Gasteiger partial charge on any atom is -0.289 e. The molecule has 2 aromatic rings. The molecule has 5 heteroatoms. The Balaban J connectivity index is 2.42. The van der Waals surface area contributed by atoms with Gasteiger partial charge in [0.25, 0.3) is 0 Å². The maximum absolute atomic E-state index is 12.1. The van der Waals surface area contributed by atoms with Crippen molar-refractivity contribution in [1.82, 2.24) is 0 Å². The highest BCUT2D eigenvalue weighted by molar-refractivity contribution is 9.10. The second kappa shape index (κ2) is 5.00. The third-order valence-electron chi connectivity index (χ3n) is 2.04. The number of hydrogen-bond acceptors (Lipinski definition) is 2. The van der Waals surface area contributed by atoms with Crippen molar-refractivity contribution in [3.8, 4) is 0 Å². The van der Waals surface area contributed by atoms with E-state index in [4.69, 9.17) is 11.6 Å². The molecule has 1 nitrogen and oxygen atoms in total. The molecule has 0 amide bonds. The van der Waals surface area contributed by atoms with Gasteiger partial charge in [0.2, 0.25) is 0 Å². The number of halogens is 3. The molecule has 0 radical (unpaired) electrons. The van der Waals surface area contributed by atoms with Crippen molar-refractivity contribution in [3.05, 3.63) is 54.1 Å². The predicted molar refractivity (Wildman–Crippen MR) is 74.6 cm³/mol. The Morgan fingerprint density at radius 1 is 1.19 bits per heavy atom. The summed E-state index contributed by atoms with van der Waals surface area (Å²) in [7, 11) is 0. The highest BCUT2D eigenvalue weighted by Gasteiger charge is 2.14. The van der Waals surface area contributed by atoms with Gasteiger partial charge in [-0.3, -0.25) is 4.79 Å². The molecule has 1 aromatic heterocycles. The molecule has 2 rings (SSSR count). The van der Waals surface area contributed by atoms with Crippen molar-refractivity contribution in [2.45, 2.75) is 0 Å². The first-order valence-corrected chi connectivity index (χ1v) is 7.21. The van der Waals surface area contributed by atoms with Crippen LogP contribution in [0, 0.1) is 0 Å². The smallest absolute Gasteiger partial charge is 0.195 e. The Bertz CT molecular complexity index is 551. The van der Waals surface area contributed by atoms with Crippen LogP contribution < -0.4 is 0 Å². The van der Waals surface area contributed by atoms with E-state index in [0.717, 1.165) is 8.95 Å². The van der Waals surface area contributed by atoms with Gasteiger partial charge in [0.05, 0.1) is 5.02 Å². The van der Waals surface area contributed by atoms with Crippen molar-refractivity contribution in [1.29, 1.82) is 0 Å². The van der Waals surface area contributed by atoms with Crippen LogP contribution in [0.3, 0.4) is 0 Å². The summed E-state index contributed by atoms with van der Waals surface area (Å²) in [5, 5.41) is 4.31. The summed E-state index contributed by atoms with van der Waals surface area (Å²) in [4.78, 5) is 12.1. The summed E-state index contributed by atoms with van der Waals surface area (Å²) >= 11 is 14.0. The number of carbonyl (C=O) groups excluding carboxylic acids is 1. The molecule has 0 aliphatic carbocycles. The van der Waals surface area contributed by atoms with Gasteiger partial charge in [0, 0.05) is 30.8 Å². The van der Waals surface area contributed by atoms with Crippen molar-refractivity contribution < 1.29 is 4.79 Å². The van der Waals surface area contributed by atoms with Crippen LogP contribution in [0.4, 0.5) is 0 Å². The summed E-state index contributed by atoms with van der Waals surface area (Å²) in [5.74, 6) is -0.00880. The lowest BCUT2D eigenvalue weighted by atomic mass is 10.1. The molecule has 1 heterocycles. The first-order valence-electron chi connectivity index (χ1n) is 4.31. The molecule has 0 saturated heterocycles. The Labute approximate surface area is 119 Å². The molecular weight excluding hydrogens is 375 g/mol. The van der Waals surface area contributed by atoms with Gasteiger partial charge in [-0.25, -0.2) is 0 Å². The van der Waals surface area contributed by atoms with Crippen LogP contribution in [-0.4, -0.2) is 5.78 Å². The highest BCUT2D eigenvalue weighted by Crippen LogP contribution is 2.27. The molecule has 16 heavy (non-hydrogen) atoms. The fraction of sp³-hybridized carbons (Fsp3) is 0. The van der Waals surface area contributed by atoms with E-state index < -0.39 is 0 Å². The molecule has 0 fully saturated rings. The lowest BCUT2D eigenvalue weighted by Gasteiger charge is -2.01. The fourth-order valence-electron chi connectivity index (χ4n) is 1.24. The van der Waals surface area contributed by atoms with Gasteiger partial charge >= 0.3 is 0 Å². The van der Waals surface area contributed by atoms with Gasteiger partial charge < -0.3 is 0 Å². The molecule has 0 N–H and O–H groups in total. The Morgan fingerprint density at radius 2 is 1.94 bits per heavy atom. The minimum absolute atomic E-state index is 0.00880. The van der Waals surface area contributed by atoms with Gasteiger partial charge in [0.1, 0.15) is 0 Å². The van der Waals surface area contributed by atoms with Gasteiger partial charge in [0.15, 0.2) is 5.78 Å². The van der Waals surface area contributed by atoms with Crippen molar-refractivity contribution in [3.63, 3.8) is 0 Å². The van der Waals surface area contributed by atoms with Crippen LogP contribution in [0.2, 0.25) is 5.02 Å². The Kier molecular flexibility index (Phi) is 3.85. The maximum atomic E-state index is 12.1. The molecular formula is C11H5Br2ClOS. The first kappa shape index (κ1) is 12.3. The van der Waals surface area contributed by atoms with E-state index in [0.29, 0.717) is 16.1 Å². The number of hydrogen-bond donors (Lipinski definition) is 0. The van der Waals surface area contributed by atoms with Gasteiger partial charge in [-0.05, 0) is 50.1 Å². The van der Waals surface area contributed by atoms with Crippen LogP contribution in [0.1, 0.15) is 15.9 Å². The highest BCUT2D eigenvalue weighted by atomic mass is 79.9. The molecule has 82 valence electrons. The largest absolute Gasteiger partial charge is 0.289 e. The van der Waals surface area contributed by atoms with Gasteiger partial charge in [-0.15, -0.1) is 0 Å². The van der Waals surface area contributed by atoms with Crippen LogP contribution in [0.5, 0.6) is 0 Å². The SMILES string of the molecule is O=C(c1ccc(Cl)c(Br)c1)c1cscc1Br. The molecule has 0 unspecified atom stereocenters. The van der Waals surface area contributed by atoms with Crippen LogP contribution in [0.25, 0.3) is 0 Å². The number of carbonyl (C=O) groups is 1. The molecule has 0 bridgehead atoms. The first-order chi connectivity index (χ1) is 7.59. The standard InChI is InChI=1S/C11H5Br2ClOS/c12-8-3-6(1-2-10(8)14)11(15)7-4-16-5-9(7)13/h1-5H. The molecule has 0 aliphatic heterocycles. The lowest BCUT2D eigenvalue weighted by molar-refractivity contribution is 0.103. The average Bonchev–Trinajstić information content (AvgIpc) is 2.67. The number of rotatable bonds is 2. The van der Waals surface area contributed by atoms with Crippen molar-refractivity contribution in [2.75, 3.05) is 0 Å². The Morgan fingerprint density at radius 3 is 2.50 bits per heavy atom. The summed E-state index contributed by atoms with van der Waals surface area (Å²) in [6.45, 7) is 0. The van der Waals surface area contributed by atoms with E-state index in [1.54, 1.807) is 18.2 Å². The van der Waals surface area contributed by atoms with Crippen molar-refractivity contribution >= 4 is 60.6 Å². The van der Waals surface area contributed by atoms with E-state index in [-0.39, 0.29) is 5.78 Å². The van der Waals surface area contributed by atoms with Crippen LogP contribution >= 0.6 is 54.8 Å². The number of thiophene rings is 1. The molecule has 0 atom stereocenters. The molecule has 0 aliphatic rings. The Hall–Kier alpha value is -0.160. The van der Waals surface area contributed by atoms with Gasteiger partial charge in [-0.2, -0.15) is 11.3 Å². The van der Waals surface area contributed by atoms with Gasteiger partial charge in [-0.1, -0.05) is 11.6 Å². The zero-order valence-corrected chi connectivity index (χ0v) is 12.6. The molecule has 1 aromatic carbocycles. The van der Waals surface area contributed by atoms with Crippen LogP contribution in [-0.2, 0) is 0 Å². The summed E-state index contributed by atoms with van der Waals surface area (Å²) in [6, 6.07) is 5.16. The molecule has 0 spiro atoms. The summed E-state index contributed by atoms with van der Waals surface area (Å²) in [6.07, 6.45) is 0. The number of benzene rings is 1. The second-order valence-corrected chi connectivity index (χ2v) is 5.95. The van der Waals surface area contributed by atoms with E-state index in [2.05, 4.69) is 31.9 Å². The number of ketones is 1. The van der Waals surface area contributed by atoms with E-state index >= 15 is 0 Å². The zero-order valence-electron chi connectivity index (χ0n) is 7.84. The molecule has 0 saturated carbocycles. The average molecular weight is 380 g/mol. The monoisotopic (exact) mass is 378 g/mol. The van der Waals surface area contributed by atoms with E-state index in [9.17, 15) is 4.79 Å². The zero-order chi connectivity index (χ0) is 11.7. The predicted octanol–water partition coefficient (Wildman–Crippen LogP) is 5.16. The minimum atomic E-state index is -0.00880. The van der Waals surface area contributed by atoms with Crippen molar-refractivity contribution in [2.24, 2.45) is 0 Å². The maximum Gasteiger partial charge on any atom is 0.195 e. The third kappa shape index (κ3) is 2.40. The normalized spacial score (nSPS) is 10.4. The lowest BCUT2D eigenvalue weighted by Crippen LogP contribution is -2.00. The third-order valence-corrected chi connectivity index (χ3v) is 4.96. The fourth-order valence-corrected chi connectivity index (χ4v) is 3.19. The topological polar surface area (TPSA) is 17.1 Å². The van der Waals surface area contributed by atoms with E-state index in [1.165, 1.54) is 11.3 Å².